The Morgan fingerprint density at radius 1 is 1.16 bits per heavy atom. The first kappa shape index (κ1) is 17.6. The predicted molar refractivity (Wildman–Crippen MR) is 85.5 cm³/mol. The monoisotopic (exact) mass is 353 g/mol. The van der Waals surface area contributed by atoms with Gasteiger partial charge in [0.15, 0.2) is 0 Å². The van der Waals surface area contributed by atoms with Crippen LogP contribution in [0.5, 0.6) is 11.5 Å². The number of aliphatic hydroxyl groups excluding tert-OH is 4. The molecule has 1 aromatic carbocycles. The Morgan fingerprint density at radius 3 is 2.60 bits per heavy atom. The van der Waals surface area contributed by atoms with E-state index in [1.165, 1.54) is 13.2 Å². The highest BCUT2D eigenvalue weighted by molar-refractivity contribution is 5.89. The van der Waals surface area contributed by atoms with Crippen LogP contribution in [0.25, 0.3) is 10.9 Å². The molecule has 0 bridgehead atoms. The lowest BCUT2D eigenvalue weighted by Crippen LogP contribution is -2.60. The minimum absolute atomic E-state index is 0.179. The molecule has 25 heavy (non-hydrogen) atoms. The number of H-pyrrole nitrogens is 1. The number of aliphatic hydroxyl groups is 4. The van der Waals surface area contributed by atoms with Gasteiger partial charge in [-0.25, -0.2) is 0 Å². The quantitative estimate of drug-likeness (QED) is 0.457. The third-order valence-electron chi connectivity index (χ3n) is 4.11. The van der Waals surface area contributed by atoms with Crippen molar-refractivity contribution in [1.29, 1.82) is 0 Å². The fraction of sp³-hybridized carbons (Fsp3) is 0.438. The van der Waals surface area contributed by atoms with Crippen molar-refractivity contribution >= 4 is 10.9 Å². The van der Waals surface area contributed by atoms with Crippen molar-refractivity contribution in [3.8, 4) is 11.5 Å². The van der Waals surface area contributed by atoms with Gasteiger partial charge in [0.1, 0.15) is 35.9 Å². The average Bonchev–Trinajstić information content (AvgIpc) is 2.61. The zero-order valence-corrected chi connectivity index (χ0v) is 13.3. The molecule has 2 aromatic rings. The summed E-state index contributed by atoms with van der Waals surface area (Å²) in [5, 5.41) is 39.5. The summed E-state index contributed by atoms with van der Waals surface area (Å²) >= 11 is 0. The molecule has 0 amide bonds. The normalized spacial score (nSPS) is 29.6. The van der Waals surface area contributed by atoms with E-state index in [0.29, 0.717) is 16.7 Å². The lowest BCUT2D eigenvalue weighted by molar-refractivity contribution is -0.277. The van der Waals surface area contributed by atoms with Gasteiger partial charge in [0.05, 0.1) is 19.2 Å². The maximum Gasteiger partial charge on any atom is 0.252 e. The molecule has 0 unspecified atom stereocenters. The fourth-order valence-electron chi connectivity index (χ4n) is 2.78. The Labute approximate surface area is 142 Å². The Hall–Kier alpha value is -2.17. The highest BCUT2D eigenvalue weighted by atomic mass is 16.7. The van der Waals surface area contributed by atoms with E-state index in [4.69, 9.17) is 14.2 Å². The molecule has 2 heterocycles. The van der Waals surface area contributed by atoms with E-state index in [2.05, 4.69) is 4.98 Å². The number of hydrogen-bond donors (Lipinski definition) is 5. The molecule has 0 spiro atoms. The van der Waals surface area contributed by atoms with Gasteiger partial charge in [-0.1, -0.05) is 6.07 Å². The first-order valence-corrected chi connectivity index (χ1v) is 7.63. The van der Waals surface area contributed by atoms with Crippen molar-refractivity contribution in [3.05, 3.63) is 34.6 Å². The summed E-state index contributed by atoms with van der Waals surface area (Å²) in [6.07, 6.45) is -7.03. The third kappa shape index (κ3) is 3.20. The molecule has 5 N–H and O–H groups in total. The molecule has 0 saturated carbocycles. The zero-order chi connectivity index (χ0) is 18.1. The highest BCUT2D eigenvalue weighted by Gasteiger charge is 2.44. The van der Waals surface area contributed by atoms with Gasteiger partial charge in [-0.3, -0.25) is 4.79 Å². The summed E-state index contributed by atoms with van der Waals surface area (Å²) in [4.78, 5) is 14.4. The number of fused-ring (bicyclic) bond motifs is 1. The molecule has 0 aliphatic carbocycles. The van der Waals surface area contributed by atoms with Crippen LogP contribution in [0.1, 0.15) is 0 Å². The molecule has 136 valence electrons. The maximum absolute atomic E-state index is 11.8. The Bertz CT molecular complexity index is 804. The SMILES string of the molecule is COc1cc(=O)[nH]c2c(O[C@@H]3O[C@H](CO)[C@@H](O)[C@H](O)[C@H]3O)cccc12. The van der Waals surface area contributed by atoms with E-state index in [0.717, 1.165) is 0 Å². The maximum atomic E-state index is 11.8. The van der Waals surface area contributed by atoms with E-state index in [1.54, 1.807) is 18.2 Å². The summed E-state index contributed by atoms with van der Waals surface area (Å²) in [7, 11) is 1.43. The molecule has 9 heteroatoms. The summed E-state index contributed by atoms with van der Waals surface area (Å²) in [6.45, 7) is -0.564. The van der Waals surface area contributed by atoms with Gasteiger partial charge >= 0.3 is 0 Å². The van der Waals surface area contributed by atoms with Gasteiger partial charge in [0.2, 0.25) is 6.29 Å². The molecule has 1 saturated heterocycles. The minimum atomic E-state index is -1.56. The van der Waals surface area contributed by atoms with Crippen molar-refractivity contribution < 1.29 is 34.6 Å². The number of para-hydroxylation sites is 1. The van der Waals surface area contributed by atoms with Gasteiger partial charge < -0.3 is 39.6 Å². The minimum Gasteiger partial charge on any atom is -0.496 e. The standard InChI is InChI=1S/C16H19NO8/c1-23-9-5-11(19)17-12-7(9)3-2-4-8(12)24-16-15(22)14(21)13(20)10(6-18)25-16/h2-5,10,13-16,18,20-22H,6H2,1H3,(H,17,19)/t10-,13-,14+,15-,16-/m1/s1. The van der Waals surface area contributed by atoms with Crippen molar-refractivity contribution in [2.75, 3.05) is 13.7 Å². The Kier molecular flexibility index (Phi) is 4.93. The van der Waals surface area contributed by atoms with Gasteiger partial charge in [0.25, 0.3) is 5.56 Å². The number of benzene rings is 1. The molecule has 3 rings (SSSR count). The van der Waals surface area contributed by atoms with E-state index in [9.17, 15) is 25.2 Å². The number of ether oxygens (including phenoxy) is 3. The molecule has 1 fully saturated rings. The van der Waals surface area contributed by atoms with Crippen LogP contribution in [0.2, 0.25) is 0 Å². The summed E-state index contributed by atoms with van der Waals surface area (Å²) in [6, 6.07) is 6.20. The molecule has 5 atom stereocenters. The van der Waals surface area contributed by atoms with Crippen LogP contribution >= 0.6 is 0 Å². The molecule has 9 nitrogen and oxygen atoms in total. The third-order valence-corrected chi connectivity index (χ3v) is 4.11. The largest absolute Gasteiger partial charge is 0.496 e. The van der Waals surface area contributed by atoms with Crippen LogP contribution in [0.15, 0.2) is 29.1 Å². The average molecular weight is 353 g/mol. The second-order valence-corrected chi connectivity index (χ2v) is 5.70. The van der Waals surface area contributed by atoms with E-state index >= 15 is 0 Å². The summed E-state index contributed by atoms with van der Waals surface area (Å²) in [5.74, 6) is 0.524. The lowest BCUT2D eigenvalue weighted by Gasteiger charge is -2.39. The van der Waals surface area contributed by atoms with Crippen LogP contribution in [-0.2, 0) is 4.74 Å². The molecule has 1 aliphatic rings. The van der Waals surface area contributed by atoms with Gasteiger partial charge in [-0.05, 0) is 12.1 Å². The second kappa shape index (κ2) is 6.98. The number of pyridine rings is 1. The molecular weight excluding hydrogens is 334 g/mol. The highest BCUT2D eigenvalue weighted by Crippen LogP contribution is 2.31. The zero-order valence-electron chi connectivity index (χ0n) is 13.3. The molecular formula is C16H19NO8. The molecule has 0 radical (unpaired) electrons. The van der Waals surface area contributed by atoms with Crippen molar-refractivity contribution in [1.82, 2.24) is 4.98 Å². The topological polar surface area (TPSA) is 141 Å². The second-order valence-electron chi connectivity index (χ2n) is 5.70. The van der Waals surface area contributed by atoms with E-state index < -0.39 is 42.9 Å². The number of rotatable bonds is 4. The summed E-state index contributed by atoms with van der Waals surface area (Å²) in [5.41, 5.74) is -0.0852. The van der Waals surface area contributed by atoms with Crippen molar-refractivity contribution in [3.63, 3.8) is 0 Å². The van der Waals surface area contributed by atoms with Crippen LogP contribution in [0.3, 0.4) is 0 Å². The van der Waals surface area contributed by atoms with Crippen LogP contribution in [0, 0.1) is 0 Å². The van der Waals surface area contributed by atoms with Gasteiger partial charge in [-0.15, -0.1) is 0 Å². The Balaban J connectivity index is 1.97. The Morgan fingerprint density at radius 2 is 1.92 bits per heavy atom. The number of aromatic amines is 1. The predicted octanol–water partition coefficient (Wildman–Crippen LogP) is -1.28. The molecule has 1 aromatic heterocycles. The number of nitrogens with one attached hydrogen (secondary N) is 1. The van der Waals surface area contributed by atoms with Gasteiger partial charge in [0, 0.05) is 11.5 Å². The van der Waals surface area contributed by atoms with Gasteiger partial charge in [-0.2, -0.15) is 0 Å². The van der Waals surface area contributed by atoms with Crippen LogP contribution in [-0.4, -0.2) is 69.8 Å². The van der Waals surface area contributed by atoms with Crippen LogP contribution < -0.4 is 15.0 Å². The first-order chi connectivity index (χ1) is 12.0. The number of aromatic nitrogens is 1. The van der Waals surface area contributed by atoms with E-state index in [1.807, 2.05) is 0 Å². The number of hydrogen-bond acceptors (Lipinski definition) is 8. The van der Waals surface area contributed by atoms with Crippen molar-refractivity contribution in [2.45, 2.75) is 30.7 Å². The fourth-order valence-corrected chi connectivity index (χ4v) is 2.78. The number of methoxy groups -OCH3 is 1. The molecule has 1 aliphatic heterocycles. The smallest absolute Gasteiger partial charge is 0.252 e. The van der Waals surface area contributed by atoms with E-state index in [-0.39, 0.29) is 5.75 Å². The van der Waals surface area contributed by atoms with Crippen molar-refractivity contribution in [2.24, 2.45) is 0 Å². The lowest BCUT2D eigenvalue weighted by atomic mass is 9.99. The summed E-state index contributed by atoms with van der Waals surface area (Å²) < 4.78 is 16.1. The van der Waals surface area contributed by atoms with Crippen LogP contribution in [0.4, 0.5) is 0 Å². The first-order valence-electron chi connectivity index (χ1n) is 7.63.